The fourth-order valence-corrected chi connectivity index (χ4v) is 1.93. The predicted octanol–water partition coefficient (Wildman–Crippen LogP) is 1.14. The van der Waals surface area contributed by atoms with Crippen LogP contribution in [-0.2, 0) is 9.53 Å². The molecule has 5 heteroatoms. The van der Waals surface area contributed by atoms with E-state index in [9.17, 15) is 9.59 Å². The van der Waals surface area contributed by atoms with E-state index in [0.717, 1.165) is 0 Å². The second kappa shape index (κ2) is 4.89. The Morgan fingerprint density at radius 3 is 2.61 bits per heavy atom. The molecule has 2 amide bonds. The van der Waals surface area contributed by atoms with Gasteiger partial charge in [0.15, 0.2) is 0 Å². The molecule has 1 unspecified atom stereocenters. The van der Waals surface area contributed by atoms with E-state index in [0.29, 0.717) is 13.0 Å². The van der Waals surface area contributed by atoms with Gasteiger partial charge in [0, 0.05) is 20.0 Å². The van der Waals surface area contributed by atoms with Crippen LogP contribution in [0.1, 0.15) is 33.6 Å². The molecular weight excluding hydrogens is 232 g/mol. The van der Waals surface area contributed by atoms with E-state index in [4.69, 9.17) is 11.2 Å². The molecule has 1 aliphatic rings. The number of rotatable bonds is 2. The lowest BCUT2D eigenvalue weighted by atomic mass is 9.94. The molecule has 0 spiro atoms. The Bertz CT molecular complexity index is 392. The first kappa shape index (κ1) is 14.4. The average molecular weight is 252 g/mol. The summed E-state index contributed by atoms with van der Waals surface area (Å²) in [6.45, 7) is 5.88. The molecule has 1 heterocycles. The minimum atomic E-state index is -1.01. The Kier molecular flexibility index (Phi) is 3.90. The molecule has 0 radical (unpaired) electrons. The highest BCUT2D eigenvalue weighted by Crippen LogP contribution is 2.25. The molecule has 1 fully saturated rings. The van der Waals surface area contributed by atoms with Crippen LogP contribution >= 0.6 is 0 Å². The van der Waals surface area contributed by atoms with E-state index in [-0.39, 0.29) is 12.3 Å². The van der Waals surface area contributed by atoms with E-state index < -0.39 is 17.2 Å². The third kappa shape index (κ3) is 3.16. The number of likely N-dealkylation sites (N-methyl/N-ethyl adjacent to an activating group) is 1. The van der Waals surface area contributed by atoms with Gasteiger partial charge in [-0.1, -0.05) is 0 Å². The van der Waals surface area contributed by atoms with Gasteiger partial charge >= 0.3 is 6.09 Å². The molecule has 0 aromatic rings. The van der Waals surface area contributed by atoms with Crippen LogP contribution in [0.3, 0.4) is 0 Å². The van der Waals surface area contributed by atoms with Crippen molar-refractivity contribution in [3.8, 4) is 12.3 Å². The van der Waals surface area contributed by atoms with Crippen molar-refractivity contribution < 1.29 is 14.3 Å². The number of carbonyl (C=O) groups excluding carboxylic acids is 2. The average Bonchev–Trinajstić information content (AvgIpc) is 2.45. The van der Waals surface area contributed by atoms with Crippen LogP contribution < -0.4 is 5.32 Å². The van der Waals surface area contributed by atoms with E-state index in [1.54, 1.807) is 32.7 Å². The molecular formula is C13H20N2O3. The Morgan fingerprint density at radius 1 is 1.61 bits per heavy atom. The molecule has 0 aromatic carbocycles. The number of nitrogens with zero attached hydrogens (tertiary/aromatic N) is 1. The van der Waals surface area contributed by atoms with Gasteiger partial charge in [0.2, 0.25) is 5.91 Å². The Hall–Kier alpha value is -1.70. The molecule has 0 aromatic heterocycles. The van der Waals surface area contributed by atoms with E-state index >= 15 is 0 Å². The van der Waals surface area contributed by atoms with Gasteiger partial charge in [0.25, 0.3) is 0 Å². The number of hydrogen-bond donors (Lipinski definition) is 1. The van der Waals surface area contributed by atoms with E-state index in [1.165, 1.54) is 0 Å². The molecule has 1 aliphatic heterocycles. The van der Waals surface area contributed by atoms with Crippen molar-refractivity contribution in [1.29, 1.82) is 0 Å². The second-order valence-corrected chi connectivity index (χ2v) is 5.57. The zero-order chi connectivity index (χ0) is 14.0. The quantitative estimate of drug-likeness (QED) is 0.750. The number of ether oxygens (including phenoxy) is 1. The summed E-state index contributed by atoms with van der Waals surface area (Å²) < 4.78 is 5.17. The first-order valence-corrected chi connectivity index (χ1v) is 5.90. The summed E-state index contributed by atoms with van der Waals surface area (Å²) in [6.07, 6.45) is 5.36. The maximum Gasteiger partial charge on any atom is 0.408 e. The summed E-state index contributed by atoms with van der Waals surface area (Å²) in [5.41, 5.74) is -1.61. The van der Waals surface area contributed by atoms with Gasteiger partial charge in [-0.3, -0.25) is 4.79 Å². The van der Waals surface area contributed by atoms with Gasteiger partial charge in [-0.2, -0.15) is 0 Å². The van der Waals surface area contributed by atoms with Crippen molar-refractivity contribution in [2.45, 2.75) is 44.8 Å². The van der Waals surface area contributed by atoms with E-state index in [1.807, 2.05) is 0 Å². The van der Waals surface area contributed by atoms with Crippen molar-refractivity contribution in [2.24, 2.45) is 0 Å². The van der Waals surface area contributed by atoms with Gasteiger partial charge in [0.05, 0.1) is 0 Å². The van der Waals surface area contributed by atoms with Crippen LogP contribution in [0, 0.1) is 12.3 Å². The monoisotopic (exact) mass is 252 g/mol. The molecule has 0 bridgehead atoms. The Labute approximate surface area is 108 Å². The van der Waals surface area contributed by atoms with Crippen LogP contribution in [0.4, 0.5) is 4.79 Å². The standard InChI is InChI=1S/C13H20N2O3/c1-6-7-13(8-9-15(5)10(13)16)14-11(17)18-12(2,3)4/h1H,7-9H2,2-5H3,(H,14,17). The largest absolute Gasteiger partial charge is 0.444 e. The molecule has 1 N–H and O–H groups in total. The summed E-state index contributed by atoms with van der Waals surface area (Å²) in [4.78, 5) is 25.4. The summed E-state index contributed by atoms with van der Waals surface area (Å²) in [5, 5.41) is 2.64. The number of amides is 2. The number of hydrogen-bond acceptors (Lipinski definition) is 3. The number of likely N-dealkylation sites (tertiary alicyclic amines) is 1. The maximum absolute atomic E-state index is 12.1. The van der Waals surface area contributed by atoms with Gasteiger partial charge in [-0.15, -0.1) is 12.3 Å². The van der Waals surface area contributed by atoms with Crippen LogP contribution in [0.25, 0.3) is 0 Å². The molecule has 1 rings (SSSR count). The number of alkyl carbamates (subject to hydrolysis) is 1. The molecule has 1 atom stereocenters. The van der Waals surface area contributed by atoms with Crippen LogP contribution in [-0.4, -0.2) is 41.6 Å². The third-order valence-corrected chi connectivity index (χ3v) is 2.77. The normalized spacial score (nSPS) is 23.7. The zero-order valence-corrected chi connectivity index (χ0v) is 11.4. The Balaban J connectivity index is 2.80. The lowest BCUT2D eigenvalue weighted by Gasteiger charge is -2.28. The van der Waals surface area contributed by atoms with Crippen LogP contribution in [0.15, 0.2) is 0 Å². The van der Waals surface area contributed by atoms with Gasteiger partial charge in [-0.05, 0) is 27.2 Å². The fraction of sp³-hybridized carbons (Fsp3) is 0.692. The summed E-state index contributed by atoms with van der Waals surface area (Å²) >= 11 is 0. The number of nitrogens with one attached hydrogen (secondary N) is 1. The molecule has 0 saturated carbocycles. The van der Waals surface area contributed by atoms with Gasteiger partial charge in [-0.25, -0.2) is 4.79 Å². The van der Waals surface area contributed by atoms with Crippen molar-refractivity contribution in [2.75, 3.05) is 13.6 Å². The molecule has 100 valence electrons. The topological polar surface area (TPSA) is 58.6 Å². The lowest BCUT2D eigenvalue weighted by Crippen LogP contribution is -2.54. The van der Waals surface area contributed by atoms with Crippen molar-refractivity contribution in [3.63, 3.8) is 0 Å². The van der Waals surface area contributed by atoms with Crippen molar-refractivity contribution >= 4 is 12.0 Å². The molecule has 5 nitrogen and oxygen atoms in total. The highest BCUT2D eigenvalue weighted by atomic mass is 16.6. The predicted molar refractivity (Wildman–Crippen MR) is 67.8 cm³/mol. The molecule has 18 heavy (non-hydrogen) atoms. The molecule has 0 aliphatic carbocycles. The lowest BCUT2D eigenvalue weighted by molar-refractivity contribution is -0.132. The number of terminal acetylenes is 1. The third-order valence-electron chi connectivity index (χ3n) is 2.77. The van der Waals surface area contributed by atoms with Crippen molar-refractivity contribution in [3.05, 3.63) is 0 Å². The first-order valence-electron chi connectivity index (χ1n) is 5.90. The zero-order valence-electron chi connectivity index (χ0n) is 11.4. The second-order valence-electron chi connectivity index (χ2n) is 5.57. The number of carbonyl (C=O) groups is 2. The highest BCUT2D eigenvalue weighted by Gasteiger charge is 2.46. The van der Waals surface area contributed by atoms with Crippen LogP contribution in [0.5, 0.6) is 0 Å². The maximum atomic E-state index is 12.1. The summed E-state index contributed by atoms with van der Waals surface area (Å²) in [5.74, 6) is 2.29. The smallest absolute Gasteiger partial charge is 0.408 e. The fourth-order valence-electron chi connectivity index (χ4n) is 1.93. The van der Waals surface area contributed by atoms with Gasteiger partial charge < -0.3 is 15.0 Å². The van der Waals surface area contributed by atoms with Crippen molar-refractivity contribution in [1.82, 2.24) is 10.2 Å². The summed E-state index contributed by atoms with van der Waals surface area (Å²) in [7, 11) is 1.69. The Morgan fingerprint density at radius 2 is 2.22 bits per heavy atom. The molecule has 1 saturated heterocycles. The SMILES string of the molecule is C#CCC1(NC(=O)OC(C)(C)C)CCN(C)C1=O. The minimum absolute atomic E-state index is 0.161. The highest BCUT2D eigenvalue weighted by molar-refractivity contribution is 5.92. The van der Waals surface area contributed by atoms with E-state index in [2.05, 4.69) is 11.2 Å². The minimum Gasteiger partial charge on any atom is -0.444 e. The van der Waals surface area contributed by atoms with Gasteiger partial charge in [0.1, 0.15) is 11.1 Å². The summed E-state index contributed by atoms with van der Waals surface area (Å²) in [6, 6.07) is 0. The van der Waals surface area contributed by atoms with Crippen LogP contribution in [0.2, 0.25) is 0 Å². The first-order chi connectivity index (χ1) is 8.20.